The molecule has 1 amide bonds. The van der Waals surface area contributed by atoms with Gasteiger partial charge in [-0.15, -0.1) is 0 Å². The van der Waals surface area contributed by atoms with Gasteiger partial charge in [0.25, 0.3) is 5.91 Å². The number of pyridine rings is 1. The Bertz CT molecular complexity index is 1240. The van der Waals surface area contributed by atoms with Crippen LogP contribution in [0.15, 0.2) is 36.5 Å². The molecule has 3 aromatic heterocycles. The lowest BCUT2D eigenvalue weighted by atomic mass is 10.2. The molecule has 148 valence electrons. The standard InChI is InChI=1S/C20H18Cl2N6O/c1-11-15-8-14(9-23-19(15)27(3)25-11)24-20(29)17-12(2)26-28(18(17)22)10-13-6-4-5-7-16(13)21/h4-9H,10H2,1-3H3,(H,24,29). The number of carbonyl (C=O) groups is 1. The normalized spacial score (nSPS) is 11.2. The summed E-state index contributed by atoms with van der Waals surface area (Å²) in [6, 6.07) is 9.29. The molecule has 0 spiro atoms. The van der Waals surface area contributed by atoms with E-state index in [1.165, 1.54) is 0 Å². The average Bonchev–Trinajstić information content (AvgIpc) is 3.12. The molecule has 0 bridgehead atoms. The monoisotopic (exact) mass is 428 g/mol. The molecule has 4 aromatic rings. The Morgan fingerprint density at radius 2 is 1.90 bits per heavy atom. The van der Waals surface area contributed by atoms with E-state index >= 15 is 0 Å². The van der Waals surface area contributed by atoms with Crippen molar-refractivity contribution >= 4 is 45.8 Å². The van der Waals surface area contributed by atoms with Crippen molar-refractivity contribution in [2.24, 2.45) is 7.05 Å². The third-order valence-electron chi connectivity index (χ3n) is 4.69. The van der Waals surface area contributed by atoms with Gasteiger partial charge in [0.05, 0.1) is 35.4 Å². The maximum Gasteiger partial charge on any atom is 0.260 e. The lowest BCUT2D eigenvalue weighted by molar-refractivity contribution is 0.102. The molecule has 4 rings (SSSR count). The van der Waals surface area contributed by atoms with Gasteiger partial charge < -0.3 is 5.32 Å². The van der Waals surface area contributed by atoms with Crippen molar-refractivity contribution in [2.75, 3.05) is 5.32 Å². The lowest BCUT2D eigenvalue weighted by Gasteiger charge is -2.07. The Kier molecular flexibility index (Phi) is 5.02. The maximum absolute atomic E-state index is 12.9. The Morgan fingerprint density at radius 3 is 2.66 bits per heavy atom. The van der Waals surface area contributed by atoms with Crippen LogP contribution in [-0.2, 0) is 13.6 Å². The fraction of sp³-hybridized carbons (Fsp3) is 0.200. The molecule has 0 saturated carbocycles. The predicted octanol–water partition coefficient (Wildman–Crippen LogP) is 4.39. The molecule has 0 saturated heterocycles. The largest absolute Gasteiger partial charge is 0.320 e. The number of rotatable bonds is 4. The zero-order valence-corrected chi connectivity index (χ0v) is 17.6. The van der Waals surface area contributed by atoms with Crippen LogP contribution < -0.4 is 5.32 Å². The van der Waals surface area contributed by atoms with Crippen molar-refractivity contribution < 1.29 is 4.79 Å². The van der Waals surface area contributed by atoms with E-state index in [0.29, 0.717) is 28.5 Å². The number of hydrogen-bond acceptors (Lipinski definition) is 4. The third kappa shape index (κ3) is 3.59. The number of hydrogen-bond donors (Lipinski definition) is 1. The molecule has 1 aromatic carbocycles. The van der Waals surface area contributed by atoms with Gasteiger partial charge in [-0.05, 0) is 31.5 Å². The van der Waals surface area contributed by atoms with Crippen LogP contribution in [0.1, 0.15) is 27.3 Å². The Balaban J connectivity index is 1.61. The molecule has 0 fully saturated rings. The minimum atomic E-state index is -0.347. The summed E-state index contributed by atoms with van der Waals surface area (Å²) < 4.78 is 3.27. The smallest absolute Gasteiger partial charge is 0.260 e. The van der Waals surface area contributed by atoms with Crippen molar-refractivity contribution in [1.82, 2.24) is 24.5 Å². The molecule has 3 heterocycles. The van der Waals surface area contributed by atoms with Crippen LogP contribution >= 0.6 is 23.2 Å². The quantitative estimate of drug-likeness (QED) is 0.522. The van der Waals surface area contributed by atoms with E-state index in [4.69, 9.17) is 23.2 Å². The number of carbonyl (C=O) groups excluding carboxylic acids is 1. The van der Waals surface area contributed by atoms with E-state index in [2.05, 4.69) is 20.5 Å². The number of nitrogens with one attached hydrogen (secondary N) is 1. The van der Waals surface area contributed by atoms with Gasteiger partial charge in [-0.25, -0.2) is 9.67 Å². The summed E-state index contributed by atoms with van der Waals surface area (Å²) >= 11 is 12.7. The van der Waals surface area contributed by atoms with Crippen LogP contribution in [0, 0.1) is 13.8 Å². The summed E-state index contributed by atoms with van der Waals surface area (Å²) in [6.07, 6.45) is 1.60. The Morgan fingerprint density at radius 1 is 1.14 bits per heavy atom. The minimum Gasteiger partial charge on any atom is -0.320 e. The van der Waals surface area contributed by atoms with Crippen molar-refractivity contribution in [1.29, 1.82) is 0 Å². The second-order valence-corrected chi connectivity index (χ2v) is 7.52. The van der Waals surface area contributed by atoms with Crippen LogP contribution in [-0.4, -0.2) is 30.5 Å². The minimum absolute atomic E-state index is 0.256. The molecule has 0 atom stereocenters. The highest BCUT2D eigenvalue weighted by molar-refractivity contribution is 6.34. The zero-order chi connectivity index (χ0) is 20.7. The first-order chi connectivity index (χ1) is 13.8. The molecular formula is C20H18Cl2N6O. The van der Waals surface area contributed by atoms with E-state index < -0.39 is 0 Å². The maximum atomic E-state index is 12.9. The topological polar surface area (TPSA) is 77.6 Å². The second kappa shape index (κ2) is 7.50. The van der Waals surface area contributed by atoms with E-state index in [1.54, 1.807) is 28.6 Å². The number of aryl methyl sites for hydroxylation is 3. The number of nitrogens with zero attached hydrogens (tertiary/aromatic N) is 5. The number of halogens is 2. The summed E-state index contributed by atoms with van der Waals surface area (Å²) in [5, 5.41) is 13.4. The molecule has 7 nitrogen and oxygen atoms in total. The zero-order valence-electron chi connectivity index (χ0n) is 16.1. The highest BCUT2D eigenvalue weighted by Gasteiger charge is 2.21. The van der Waals surface area contributed by atoms with Gasteiger partial charge in [0.15, 0.2) is 5.65 Å². The fourth-order valence-corrected chi connectivity index (χ4v) is 3.79. The Labute approximate surface area is 177 Å². The first-order valence-corrected chi connectivity index (χ1v) is 9.67. The number of aromatic nitrogens is 5. The summed E-state index contributed by atoms with van der Waals surface area (Å²) in [5.74, 6) is -0.347. The Hall–Kier alpha value is -2.90. The van der Waals surface area contributed by atoms with Crippen LogP contribution in [0.4, 0.5) is 5.69 Å². The highest BCUT2D eigenvalue weighted by atomic mass is 35.5. The predicted molar refractivity (Wildman–Crippen MR) is 114 cm³/mol. The van der Waals surface area contributed by atoms with Crippen LogP contribution in [0.3, 0.4) is 0 Å². The van der Waals surface area contributed by atoms with Gasteiger partial charge in [0, 0.05) is 17.5 Å². The van der Waals surface area contributed by atoms with Crippen molar-refractivity contribution in [3.63, 3.8) is 0 Å². The van der Waals surface area contributed by atoms with Gasteiger partial charge in [-0.1, -0.05) is 41.4 Å². The van der Waals surface area contributed by atoms with E-state index in [0.717, 1.165) is 22.3 Å². The summed E-state index contributed by atoms with van der Waals surface area (Å²) in [6.45, 7) is 4.01. The van der Waals surface area contributed by atoms with Gasteiger partial charge in [0.2, 0.25) is 0 Å². The van der Waals surface area contributed by atoms with Crippen LogP contribution in [0.2, 0.25) is 10.2 Å². The van der Waals surface area contributed by atoms with Gasteiger partial charge >= 0.3 is 0 Å². The van der Waals surface area contributed by atoms with Crippen molar-refractivity contribution in [3.8, 4) is 0 Å². The molecule has 0 aliphatic rings. The van der Waals surface area contributed by atoms with Crippen LogP contribution in [0.25, 0.3) is 11.0 Å². The lowest BCUT2D eigenvalue weighted by Crippen LogP contribution is -2.13. The molecule has 1 N–H and O–H groups in total. The summed E-state index contributed by atoms with van der Waals surface area (Å²) in [4.78, 5) is 17.3. The molecular weight excluding hydrogens is 411 g/mol. The third-order valence-corrected chi connectivity index (χ3v) is 5.44. The highest BCUT2D eigenvalue weighted by Crippen LogP contribution is 2.25. The molecule has 9 heteroatoms. The second-order valence-electron chi connectivity index (χ2n) is 6.76. The first-order valence-electron chi connectivity index (χ1n) is 8.92. The molecule has 0 unspecified atom stereocenters. The molecule has 29 heavy (non-hydrogen) atoms. The van der Waals surface area contributed by atoms with E-state index in [-0.39, 0.29) is 11.1 Å². The summed E-state index contributed by atoms with van der Waals surface area (Å²) in [5.41, 5.74) is 3.88. The molecule has 0 aliphatic carbocycles. The SMILES string of the molecule is Cc1nn(Cc2ccccc2Cl)c(Cl)c1C(=O)Nc1cnc2c(c1)c(C)nn2C. The first kappa shape index (κ1) is 19.4. The summed E-state index contributed by atoms with van der Waals surface area (Å²) in [7, 11) is 1.83. The molecule has 0 radical (unpaired) electrons. The number of amides is 1. The van der Waals surface area contributed by atoms with Gasteiger partial charge in [-0.2, -0.15) is 10.2 Å². The number of fused-ring (bicyclic) bond motifs is 1. The number of anilines is 1. The van der Waals surface area contributed by atoms with E-state index in [9.17, 15) is 4.79 Å². The number of benzene rings is 1. The average molecular weight is 429 g/mol. The van der Waals surface area contributed by atoms with E-state index in [1.807, 2.05) is 38.2 Å². The van der Waals surface area contributed by atoms with Crippen molar-refractivity contribution in [3.05, 3.63) is 69.2 Å². The van der Waals surface area contributed by atoms with Gasteiger partial charge in [-0.3, -0.25) is 9.48 Å². The fourth-order valence-electron chi connectivity index (χ4n) is 3.27. The van der Waals surface area contributed by atoms with Gasteiger partial charge in [0.1, 0.15) is 5.15 Å². The van der Waals surface area contributed by atoms with Crippen molar-refractivity contribution in [2.45, 2.75) is 20.4 Å². The molecule has 0 aliphatic heterocycles. The van der Waals surface area contributed by atoms with Crippen LogP contribution in [0.5, 0.6) is 0 Å².